The van der Waals surface area contributed by atoms with Gasteiger partial charge in [-0.25, -0.2) is 0 Å². The van der Waals surface area contributed by atoms with E-state index in [1.54, 1.807) is 0 Å². The predicted molar refractivity (Wildman–Crippen MR) is 66.4 cm³/mol. The molecule has 2 rings (SSSR count). The first-order valence-corrected chi connectivity index (χ1v) is 6.60. The van der Waals surface area contributed by atoms with Crippen LogP contribution in [0.1, 0.15) is 32.6 Å². The molecule has 16 heavy (non-hydrogen) atoms. The molecule has 94 valence electrons. The molecule has 0 heterocycles. The lowest BCUT2D eigenvalue weighted by atomic mass is 9.99. The van der Waals surface area contributed by atoms with E-state index in [9.17, 15) is 5.11 Å². The van der Waals surface area contributed by atoms with Crippen LogP contribution in [-0.4, -0.2) is 48.8 Å². The van der Waals surface area contributed by atoms with Crippen LogP contribution in [0.5, 0.6) is 0 Å². The van der Waals surface area contributed by atoms with Crippen LogP contribution in [0.25, 0.3) is 0 Å². The quantitative estimate of drug-likeness (QED) is 0.736. The van der Waals surface area contributed by atoms with Crippen LogP contribution in [-0.2, 0) is 0 Å². The predicted octanol–water partition coefficient (Wildman–Crippen LogP) is 1.08. The van der Waals surface area contributed by atoms with E-state index in [-0.39, 0.29) is 12.1 Å². The van der Waals surface area contributed by atoms with E-state index in [0.29, 0.717) is 6.04 Å². The summed E-state index contributed by atoms with van der Waals surface area (Å²) in [5.74, 6) is 1.87. The maximum atomic E-state index is 9.47. The topological polar surface area (TPSA) is 35.5 Å². The largest absolute Gasteiger partial charge is 0.394 e. The molecule has 2 saturated carbocycles. The smallest absolute Gasteiger partial charge is 0.0613 e. The van der Waals surface area contributed by atoms with Crippen molar-refractivity contribution < 1.29 is 5.11 Å². The normalized spacial score (nSPS) is 42.9. The van der Waals surface area contributed by atoms with Crippen molar-refractivity contribution in [2.45, 2.75) is 44.2 Å². The van der Waals surface area contributed by atoms with Crippen molar-refractivity contribution in [2.24, 2.45) is 11.8 Å². The zero-order valence-corrected chi connectivity index (χ0v) is 10.9. The maximum absolute atomic E-state index is 9.47. The van der Waals surface area contributed by atoms with E-state index < -0.39 is 0 Å². The van der Waals surface area contributed by atoms with E-state index in [1.807, 2.05) is 7.05 Å². The third kappa shape index (κ3) is 2.41. The fraction of sp³-hybridized carbons (Fsp3) is 1.00. The number of nitrogens with zero attached hydrogens (tertiary/aromatic N) is 1. The standard InChI is InChI=1S/C13H26N2O/c1-10-6-11(10)8-15(3)12-4-5-13(7-12,9-16)14-2/h10-12,14,16H,4-9H2,1-3H3. The SMILES string of the molecule is CNC1(CO)CCC(N(C)CC2CC2C)C1. The molecule has 0 radical (unpaired) electrons. The summed E-state index contributed by atoms with van der Waals surface area (Å²) in [7, 11) is 4.22. The van der Waals surface area contributed by atoms with Gasteiger partial charge in [-0.05, 0) is 51.6 Å². The van der Waals surface area contributed by atoms with Gasteiger partial charge in [-0.2, -0.15) is 0 Å². The van der Waals surface area contributed by atoms with Crippen molar-refractivity contribution in [3.8, 4) is 0 Å². The lowest BCUT2D eigenvalue weighted by molar-refractivity contribution is 0.156. The monoisotopic (exact) mass is 226 g/mol. The highest BCUT2D eigenvalue weighted by Gasteiger charge is 2.41. The van der Waals surface area contributed by atoms with Crippen molar-refractivity contribution in [3.05, 3.63) is 0 Å². The van der Waals surface area contributed by atoms with E-state index in [0.717, 1.165) is 24.7 Å². The molecular formula is C13H26N2O. The molecule has 0 aromatic rings. The molecule has 0 aromatic heterocycles. The zero-order valence-electron chi connectivity index (χ0n) is 10.9. The number of aliphatic hydroxyl groups is 1. The van der Waals surface area contributed by atoms with Gasteiger partial charge in [0.05, 0.1) is 6.61 Å². The number of likely N-dealkylation sites (N-methyl/N-ethyl adjacent to an activating group) is 1. The third-order valence-electron chi connectivity index (χ3n) is 4.84. The first kappa shape index (κ1) is 12.3. The molecule has 4 atom stereocenters. The summed E-state index contributed by atoms with van der Waals surface area (Å²) in [5.41, 5.74) is -0.00586. The van der Waals surface area contributed by atoms with Crippen molar-refractivity contribution in [3.63, 3.8) is 0 Å². The Kier molecular flexibility index (Phi) is 3.57. The van der Waals surface area contributed by atoms with Gasteiger partial charge in [0, 0.05) is 18.1 Å². The minimum absolute atomic E-state index is 0.00586. The average molecular weight is 226 g/mol. The number of nitrogens with one attached hydrogen (secondary N) is 1. The van der Waals surface area contributed by atoms with Crippen molar-refractivity contribution in [2.75, 3.05) is 27.2 Å². The van der Waals surface area contributed by atoms with Crippen LogP contribution in [0.15, 0.2) is 0 Å². The fourth-order valence-electron chi connectivity index (χ4n) is 3.10. The second-order valence-electron chi connectivity index (χ2n) is 6.00. The van der Waals surface area contributed by atoms with E-state index >= 15 is 0 Å². The van der Waals surface area contributed by atoms with Gasteiger partial charge in [0.25, 0.3) is 0 Å². The Morgan fingerprint density at radius 3 is 2.62 bits per heavy atom. The van der Waals surface area contributed by atoms with Gasteiger partial charge in [0.2, 0.25) is 0 Å². The first-order valence-electron chi connectivity index (χ1n) is 6.60. The molecule has 0 bridgehead atoms. The molecule has 0 aromatic carbocycles. The van der Waals surface area contributed by atoms with Crippen LogP contribution >= 0.6 is 0 Å². The minimum Gasteiger partial charge on any atom is -0.394 e. The van der Waals surface area contributed by atoms with Crippen LogP contribution in [0.3, 0.4) is 0 Å². The highest BCUT2D eigenvalue weighted by Crippen LogP contribution is 2.40. The van der Waals surface area contributed by atoms with Crippen molar-refractivity contribution in [1.82, 2.24) is 10.2 Å². The van der Waals surface area contributed by atoms with E-state index in [4.69, 9.17) is 0 Å². The second-order valence-corrected chi connectivity index (χ2v) is 6.00. The lowest BCUT2D eigenvalue weighted by Gasteiger charge is -2.29. The number of hydrogen-bond acceptors (Lipinski definition) is 3. The number of rotatable bonds is 5. The Balaban J connectivity index is 1.82. The van der Waals surface area contributed by atoms with E-state index in [1.165, 1.54) is 19.4 Å². The molecule has 2 fully saturated rings. The Labute approximate surface area is 99.2 Å². The van der Waals surface area contributed by atoms with Crippen LogP contribution in [0.2, 0.25) is 0 Å². The Morgan fingerprint density at radius 2 is 2.19 bits per heavy atom. The summed E-state index contributed by atoms with van der Waals surface area (Å²) < 4.78 is 0. The summed E-state index contributed by atoms with van der Waals surface area (Å²) in [6.45, 7) is 3.86. The molecular weight excluding hydrogens is 200 g/mol. The van der Waals surface area contributed by atoms with Gasteiger partial charge >= 0.3 is 0 Å². The highest BCUT2D eigenvalue weighted by molar-refractivity contribution is 4.99. The van der Waals surface area contributed by atoms with Gasteiger partial charge in [0.15, 0.2) is 0 Å². The second kappa shape index (κ2) is 4.63. The summed E-state index contributed by atoms with van der Waals surface area (Å²) in [4.78, 5) is 2.52. The van der Waals surface area contributed by atoms with Crippen molar-refractivity contribution >= 4 is 0 Å². The Hall–Kier alpha value is -0.120. The van der Waals surface area contributed by atoms with Crippen LogP contribution in [0, 0.1) is 11.8 Å². The molecule has 3 nitrogen and oxygen atoms in total. The molecule has 2 aliphatic rings. The average Bonchev–Trinajstić information content (AvgIpc) is 2.84. The molecule has 2 aliphatic carbocycles. The summed E-state index contributed by atoms with van der Waals surface area (Å²) in [5, 5.41) is 12.8. The molecule has 4 unspecified atom stereocenters. The van der Waals surface area contributed by atoms with Gasteiger partial charge in [-0.15, -0.1) is 0 Å². The Morgan fingerprint density at radius 1 is 1.50 bits per heavy atom. The van der Waals surface area contributed by atoms with Gasteiger partial charge in [0.1, 0.15) is 0 Å². The van der Waals surface area contributed by atoms with Gasteiger partial charge in [-0.1, -0.05) is 6.92 Å². The molecule has 3 heteroatoms. The van der Waals surface area contributed by atoms with Crippen LogP contribution in [0.4, 0.5) is 0 Å². The molecule has 0 amide bonds. The first-order chi connectivity index (χ1) is 7.60. The van der Waals surface area contributed by atoms with Gasteiger partial charge in [-0.3, -0.25) is 0 Å². The summed E-state index contributed by atoms with van der Waals surface area (Å²) in [6, 6.07) is 0.660. The van der Waals surface area contributed by atoms with Gasteiger partial charge < -0.3 is 15.3 Å². The molecule has 2 N–H and O–H groups in total. The van der Waals surface area contributed by atoms with Crippen molar-refractivity contribution in [1.29, 1.82) is 0 Å². The lowest BCUT2D eigenvalue weighted by Crippen LogP contribution is -2.45. The molecule has 0 saturated heterocycles. The molecule has 0 spiro atoms. The fourth-order valence-corrected chi connectivity index (χ4v) is 3.10. The number of hydrogen-bond donors (Lipinski definition) is 2. The summed E-state index contributed by atoms with van der Waals surface area (Å²) >= 11 is 0. The third-order valence-corrected chi connectivity index (χ3v) is 4.84. The van der Waals surface area contributed by atoms with Crippen LogP contribution < -0.4 is 5.32 Å². The maximum Gasteiger partial charge on any atom is 0.0613 e. The highest BCUT2D eigenvalue weighted by atomic mass is 16.3. The Bertz CT molecular complexity index is 240. The molecule has 0 aliphatic heterocycles. The zero-order chi connectivity index (χ0) is 11.8. The number of aliphatic hydroxyl groups excluding tert-OH is 1. The van der Waals surface area contributed by atoms with E-state index in [2.05, 4.69) is 24.2 Å². The summed E-state index contributed by atoms with van der Waals surface area (Å²) in [6.07, 6.45) is 4.83. The minimum atomic E-state index is -0.00586.